The van der Waals surface area contributed by atoms with Crippen LogP contribution in [-0.4, -0.2) is 47.9 Å². The molecule has 0 saturated carbocycles. The second-order valence-corrected chi connectivity index (χ2v) is 8.07. The highest BCUT2D eigenvalue weighted by atomic mass is 16.7. The van der Waals surface area contributed by atoms with E-state index < -0.39 is 17.2 Å². The van der Waals surface area contributed by atoms with E-state index in [1.54, 1.807) is 12.0 Å². The highest BCUT2D eigenvalue weighted by molar-refractivity contribution is 5.78. The third kappa shape index (κ3) is 4.41. The average Bonchev–Trinajstić information content (AvgIpc) is 2.67. The molecule has 154 valence electrons. The number of fused-ring (bicyclic) bond motifs is 1. The molecule has 3 rings (SSSR count). The lowest BCUT2D eigenvalue weighted by Gasteiger charge is -2.44. The zero-order valence-corrected chi connectivity index (χ0v) is 16.8. The number of nitrogens with zero attached hydrogens (tertiary/aromatic N) is 1. The molecule has 1 fully saturated rings. The van der Waals surface area contributed by atoms with Gasteiger partial charge in [0.2, 0.25) is 11.7 Å². The molecule has 0 bridgehead atoms. The molecule has 1 amide bonds. The van der Waals surface area contributed by atoms with E-state index in [0.717, 1.165) is 17.1 Å². The number of carboxylic acid groups (broad SMARTS) is 1. The summed E-state index contributed by atoms with van der Waals surface area (Å²) in [7, 11) is 1.63. The number of likely N-dealkylation sites (tertiary alicyclic amines) is 1. The highest BCUT2D eigenvalue weighted by Crippen LogP contribution is 2.39. The first-order valence-electron chi connectivity index (χ1n) is 9.77. The molecule has 2 aliphatic heterocycles. The number of hydrogen-bond acceptors (Lipinski definition) is 5. The van der Waals surface area contributed by atoms with Crippen LogP contribution in [0.3, 0.4) is 0 Å². The van der Waals surface area contributed by atoms with Crippen LogP contribution in [0.2, 0.25) is 0 Å². The van der Waals surface area contributed by atoms with E-state index in [9.17, 15) is 9.59 Å². The average molecular weight is 391 g/mol. The molecular weight excluding hydrogens is 362 g/mol. The first kappa shape index (κ1) is 20.5. The number of ether oxygens (including phenoxy) is 3. The van der Waals surface area contributed by atoms with Crippen molar-refractivity contribution >= 4 is 11.9 Å². The van der Waals surface area contributed by atoms with E-state index >= 15 is 0 Å². The Hall–Kier alpha value is -2.28. The fraction of sp³-hybridized carbons (Fsp3) is 0.619. The van der Waals surface area contributed by atoms with Crippen molar-refractivity contribution in [2.45, 2.75) is 58.3 Å². The minimum absolute atomic E-state index is 0.000510. The summed E-state index contributed by atoms with van der Waals surface area (Å²) in [5.74, 6) is -0.00188. The number of carboxylic acids is 1. The fourth-order valence-electron chi connectivity index (χ4n) is 3.83. The number of hydrogen-bond donors (Lipinski definition) is 1. The van der Waals surface area contributed by atoms with Crippen molar-refractivity contribution in [1.82, 2.24) is 4.90 Å². The Morgan fingerprint density at radius 1 is 1.29 bits per heavy atom. The zero-order valence-electron chi connectivity index (χ0n) is 16.8. The van der Waals surface area contributed by atoms with Crippen LogP contribution in [0.25, 0.3) is 0 Å². The van der Waals surface area contributed by atoms with Crippen molar-refractivity contribution in [1.29, 1.82) is 0 Å². The van der Waals surface area contributed by atoms with E-state index in [0.29, 0.717) is 39.0 Å². The molecule has 1 unspecified atom stereocenters. The standard InChI is InChI=1S/C21H29NO6/c1-4-20(2,13-19(24)25)12-18(23)22-9-7-21(8-10-22)27-14-15-11-16(26-3)5-6-17(15)28-21/h5-6,11H,4,7-10,12-14H2,1-3H3,(H,24,25). The first-order chi connectivity index (χ1) is 13.3. The lowest BCUT2D eigenvalue weighted by atomic mass is 9.80. The summed E-state index contributed by atoms with van der Waals surface area (Å²) in [6, 6.07) is 5.67. The first-order valence-corrected chi connectivity index (χ1v) is 9.77. The second-order valence-electron chi connectivity index (χ2n) is 8.07. The van der Waals surface area contributed by atoms with Gasteiger partial charge in [0.25, 0.3) is 0 Å². The van der Waals surface area contributed by atoms with Crippen LogP contribution in [0.1, 0.15) is 51.5 Å². The van der Waals surface area contributed by atoms with Crippen molar-refractivity contribution in [2.24, 2.45) is 5.41 Å². The van der Waals surface area contributed by atoms with Gasteiger partial charge in [0.1, 0.15) is 11.5 Å². The van der Waals surface area contributed by atoms with Gasteiger partial charge in [0.15, 0.2) is 0 Å². The van der Waals surface area contributed by atoms with E-state index in [1.165, 1.54) is 0 Å². The Kier molecular flexibility index (Phi) is 5.84. The molecule has 1 aromatic carbocycles. The molecule has 1 aromatic rings. The minimum atomic E-state index is -0.867. The van der Waals surface area contributed by atoms with Gasteiger partial charge in [-0.2, -0.15) is 0 Å². The summed E-state index contributed by atoms with van der Waals surface area (Å²) in [4.78, 5) is 25.6. The van der Waals surface area contributed by atoms with Crippen LogP contribution < -0.4 is 9.47 Å². The smallest absolute Gasteiger partial charge is 0.303 e. The number of methoxy groups -OCH3 is 1. The molecule has 0 aromatic heterocycles. The summed E-state index contributed by atoms with van der Waals surface area (Å²) in [5, 5.41) is 9.12. The Morgan fingerprint density at radius 2 is 2.00 bits per heavy atom. The minimum Gasteiger partial charge on any atom is -0.497 e. The van der Waals surface area contributed by atoms with E-state index in [2.05, 4.69) is 0 Å². The summed E-state index contributed by atoms with van der Waals surface area (Å²) < 4.78 is 17.4. The van der Waals surface area contributed by atoms with Crippen LogP contribution in [0.15, 0.2) is 18.2 Å². The molecule has 2 aliphatic rings. The van der Waals surface area contributed by atoms with E-state index in [1.807, 2.05) is 32.0 Å². The normalized spacial score (nSPS) is 20.0. The molecule has 1 spiro atoms. The van der Waals surface area contributed by atoms with Crippen LogP contribution in [0.5, 0.6) is 11.5 Å². The van der Waals surface area contributed by atoms with Crippen molar-refractivity contribution < 1.29 is 28.9 Å². The van der Waals surface area contributed by atoms with Crippen molar-refractivity contribution in [3.05, 3.63) is 23.8 Å². The number of piperidine rings is 1. The van der Waals surface area contributed by atoms with Crippen LogP contribution in [-0.2, 0) is 20.9 Å². The number of benzene rings is 1. The number of rotatable bonds is 6. The van der Waals surface area contributed by atoms with Gasteiger partial charge in [-0.3, -0.25) is 9.59 Å². The van der Waals surface area contributed by atoms with Crippen LogP contribution >= 0.6 is 0 Å². The van der Waals surface area contributed by atoms with Crippen molar-refractivity contribution in [2.75, 3.05) is 20.2 Å². The Balaban J connectivity index is 1.59. The quantitative estimate of drug-likeness (QED) is 0.802. The molecule has 1 N–H and O–H groups in total. The molecule has 2 heterocycles. The number of carbonyl (C=O) groups excluding carboxylic acids is 1. The van der Waals surface area contributed by atoms with Gasteiger partial charge in [-0.15, -0.1) is 0 Å². The second kappa shape index (κ2) is 7.99. The Labute approximate surface area is 165 Å². The van der Waals surface area contributed by atoms with Crippen LogP contribution in [0, 0.1) is 5.41 Å². The molecular formula is C21H29NO6. The topological polar surface area (TPSA) is 85.3 Å². The number of amides is 1. The molecule has 0 aliphatic carbocycles. The number of carbonyl (C=O) groups is 2. The predicted molar refractivity (Wildman–Crippen MR) is 102 cm³/mol. The largest absolute Gasteiger partial charge is 0.497 e. The third-order valence-corrected chi connectivity index (χ3v) is 5.94. The van der Waals surface area contributed by atoms with Gasteiger partial charge >= 0.3 is 5.97 Å². The third-order valence-electron chi connectivity index (χ3n) is 5.94. The Morgan fingerprint density at radius 3 is 2.61 bits per heavy atom. The molecule has 28 heavy (non-hydrogen) atoms. The van der Waals surface area contributed by atoms with Gasteiger partial charge in [0, 0.05) is 37.9 Å². The zero-order chi connectivity index (χ0) is 20.4. The van der Waals surface area contributed by atoms with Gasteiger partial charge in [-0.05, 0) is 30.0 Å². The molecule has 1 saturated heterocycles. The van der Waals surface area contributed by atoms with Gasteiger partial charge in [-0.25, -0.2) is 0 Å². The highest BCUT2D eigenvalue weighted by Gasteiger charge is 2.42. The van der Waals surface area contributed by atoms with Gasteiger partial charge in [-0.1, -0.05) is 13.8 Å². The number of aliphatic carboxylic acids is 1. The summed E-state index contributed by atoms with van der Waals surface area (Å²) >= 11 is 0. The summed E-state index contributed by atoms with van der Waals surface area (Å²) in [5.41, 5.74) is 0.435. The maximum atomic E-state index is 12.7. The monoisotopic (exact) mass is 391 g/mol. The lowest BCUT2D eigenvalue weighted by Crippen LogP contribution is -2.53. The fourth-order valence-corrected chi connectivity index (χ4v) is 3.83. The molecule has 1 atom stereocenters. The van der Waals surface area contributed by atoms with E-state index in [4.69, 9.17) is 19.3 Å². The Bertz CT molecular complexity index is 740. The van der Waals surface area contributed by atoms with Crippen molar-refractivity contribution in [3.63, 3.8) is 0 Å². The predicted octanol–water partition coefficient (Wildman–Crippen LogP) is 3.20. The van der Waals surface area contributed by atoms with Gasteiger partial charge < -0.3 is 24.2 Å². The maximum absolute atomic E-state index is 12.7. The van der Waals surface area contributed by atoms with Crippen molar-refractivity contribution in [3.8, 4) is 11.5 Å². The van der Waals surface area contributed by atoms with E-state index in [-0.39, 0.29) is 18.7 Å². The molecule has 0 radical (unpaired) electrons. The summed E-state index contributed by atoms with van der Waals surface area (Å²) in [6.07, 6.45) is 2.07. The molecule has 7 nitrogen and oxygen atoms in total. The van der Waals surface area contributed by atoms with Crippen LogP contribution in [0.4, 0.5) is 0 Å². The van der Waals surface area contributed by atoms with Gasteiger partial charge in [0.05, 0.1) is 20.1 Å². The SMILES string of the molecule is CCC(C)(CC(=O)O)CC(=O)N1CCC2(CC1)OCc1cc(OC)ccc1O2. The molecule has 7 heteroatoms. The lowest BCUT2D eigenvalue weighted by molar-refractivity contribution is -0.227. The maximum Gasteiger partial charge on any atom is 0.303 e. The summed E-state index contributed by atoms with van der Waals surface area (Å²) in [6.45, 7) is 5.32.